The van der Waals surface area contributed by atoms with Crippen molar-refractivity contribution in [3.05, 3.63) is 29.8 Å². The molecule has 0 spiro atoms. The SMILES string of the molecule is CNC1CCN(S(=O)(=O)c2cccc(C#N)c2)CC1.Cl. The molecule has 0 aromatic heterocycles. The fraction of sp³-hybridized carbons (Fsp3) is 0.462. The molecule has 1 aromatic rings. The molecule has 1 aliphatic heterocycles. The average Bonchev–Trinajstić information content (AvgIpc) is 2.47. The fourth-order valence-corrected chi connectivity index (χ4v) is 3.78. The lowest BCUT2D eigenvalue weighted by molar-refractivity contribution is 0.298. The molecule has 20 heavy (non-hydrogen) atoms. The molecule has 0 bridgehead atoms. The molecule has 0 amide bonds. The third kappa shape index (κ3) is 3.49. The van der Waals surface area contributed by atoms with E-state index < -0.39 is 10.0 Å². The van der Waals surface area contributed by atoms with Gasteiger partial charge in [-0.25, -0.2) is 8.42 Å². The van der Waals surface area contributed by atoms with Gasteiger partial charge in [0, 0.05) is 19.1 Å². The highest BCUT2D eigenvalue weighted by Crippen LogP contribution is 2.21. The molecule has 1 fully saturated rings. The van der Waals surface area contributed by atoms with E-state index in [1.54, 1.807) is 18.2 Å². The molecule has 1 heterocycles. The molecule has 1 aromatic carbocycles. The summed E-state index contributed by atoms with van der Waals surface area (Å²) in [5.41, 5.74) is 0.367. The van der Waals surface area contributed by atoms with Crippen molar-refractivity contribution in [1.82, 2.24) is 9.62 Å². The van der Waals surface area contributed by atoms with Crippen molar-refractivity contribution in [2.75, 3.05) is 20.1 Å². The van der Waals surface area contributed by atoms with Crippen LogP contribution in [0.5, 0.6) is 0 Å². The number of hydrogen-bond donors (Lipinski definition) is 1. The Balaban J connectivity index is 0.00000200. The second-order valence-electron chi connectivity index (χ2n) is 4.61. The van der Waals surface area contributed by atoms with E-state index in [-0.39, 0.29) is 17.3 Å². The van der Waals surface area contributed by atoms with E-state index >= 15 is 0 Å². The number of hydrogen-bond acceptors (Lipinski definition) is 4. The van der Waals surface area contributed by atoms with Gasteiger partial charge in [-0.3, -0.25) is 0 Å². The molecule has 5 nitrogen and oxygen atoms in total. The molecule has 0 atom stereocenters. The number of halogens is 1. The number of rotatable bonds is 3. The van der Waals surface area contributed by atoms with Gasteiger partial charge < -0.3 is 5.32 Å². The van der Waals surface area contributed by atoms with Crippen LogP contribution in [0.25, 0.3) is 0 Å². The first-order valence-corrected chi connectivity index (χ1v) is 7.69. The lowest BCUT2D eigenvalue weighted by Crippen LogP contribution is -2.43. The molecule has 110 valence electrons. The van der Waals surface area contributed by atoms with Crippen LogP contribution in [0.3, 0.4) is 0 Å². The van der Waals surface area contributed by atoms with Crippen LogP contribution in [0.1, 0.15) is 18.4 Å². The van der Waals surface area contributed by atoms with Crippen LogP contribution < -0.4 is 5.32 Å². The summed E-state index contributed by atoms with van der Waals surface area (Å²) in [7, 11) is -1.58. The van der Waals surface area contributed by atoms with Crippen molar-refractivity contribution in [2.24, 2.45) is 0 Å². The number of benzene rings is 1. The summed E-state index contributed by atoms with van der Waals surface area (Å²) in [6.07, 6.45) is 1.63. The first kappa shape index (κ1) is 16.9. The second-order valence-corrected chi connectivity index (χ2v) is 6.54. The third-order valence-electron chi connectivity index (χ3n) is 3.46. The van der Waals surface area contributed by atoms with Gasteiger partial charge in [0.2, 0.25) is 10.0 Å². The molecule has 1 saturated heterocycles. The maximum atomic E-state index is 12.4. The van der Waals surface area contributed by atoms with Crippen LogP contribution in [0.4, 0.5) is 0 Å². The van der Waals surface area contributed by atoms with Gasteiger partial charge in [-0.05, 0) is 38.1 Å². The predicted molar refractivity (Wildman–Crippen MR) is 79.2 cm³/mol. The highest BCUT2D eigenvalue weighted by atomic mass is 35.5. The summed E-state index contributed by atoms with van der Waals surface area (Å²) in [5.74, 6) is 0. The van der Waals surface area contributed by atoms with Crippen LogP contribution in [0, 0.1) is 11.3 Å². The Hall–Kier alpha value is -1.13. The van der Waals surface area contributed by atoms with Crippen LogP contribution >= 0.6 is 12.4 Å². The van der Waals surface area contributed by atoms with Crippen molar-refractivity contribution < 1.29 is 8.42 Å². The molecule has 0 unspecified atom stereocenters. The largest absolute Gasteiger partial charge is 0.317 e. The van der Waals surface area contributed by atoms with Crippen LogP contribution in [-0.4, -0.2) is 38.9 Å². The molecular formula is C13H18ClN3O2S. The van der Waals surface area contributed by atoms with E-state index in [1.807, 2.05) is 13.1 Å². The molecule has 0 aliphatic carbocycles. The Labute approximate surface area is 126 Å². The maximum Gasteiger partial charge on any atom is 0.243 e. The maximum absolute atomic E-state index is 12.4. The Morgan fingerprint density at radius 1 is 1.35 bits per heavy atom. The monoisotopic (exact) mass is 315 g/mol. The molecule has 1 N–H and O–H groups in total. The van der Waals surface area contributed by atoms with Gasteiger partial charge in [-0.1, -0.05) is 6.07 Å². The van der Waals surface area contributed by atoms with Crippen molar-refractivity contribution in [3.63, 3.8) is 0 Å². The molecule has 2 rings (SSSR count). The smallest absolute Gasteiger partial charge is 0.243 e. The molecule has 1 aliphatic rings. The number of nitriles is 1. The Morgan fingerprint density at radius 2 is 2.00 bits per heavy atom. The van der Waals surface area contributed by atoms with Gasteiger partial charge in [-0.15, -0.1) is 12.4 Å². The van der Waals surface area contributed by atoms with Gasteiger partial charge in [-0.2, -0.15) is 9.57 Å². The molecule has 0 saturated carbocycles. The number of piperidine rings is 1. The zero-order chi connectivity index (χ0) is 13.9. The quantitative estimate of drug-likeness (QED) is 0.914. The van der Waals surface area contributed by atoms with E-state index in [0.717, 1.165) is 12.8 Å². The standard InChI is InChI=1S/C13H17N3O2S.ClH/c1-15-12-5-7-16(8-6-12)19(17,18)13-4-2-3-11(9-13)10-14;/h2-4,9,12,15H,5-8H2,1H3;1H. The van der Waals surface area contributed by atoms with Gasteiger partial charge in [0.25, 0.3) is 0 Å². The highest BCUT2D eigenvalue weighted by Gasteiger charge is 2.28. The number of nitrogens with zero attached hydrogens (tertiary/aromatic N) is 2. The topological polar surface area (TPSA) is 73.2 Å². The minimum Gasteiger partial charge on any atom is -0.317 e. The predicted octanol–water partition coefficient (Wildman–Crippen LogP) is 1.35. The number of nitrogens with one attached hydrogen (secondary N) is 1. The minimum absolute atomic E-state index is 0. The van der Waals surface area contributed by atoms with Gasteiger partial charge in [0.1, 0.15) is 0 Å². The normalized spacial score (nSPS) is 17.2. The van der Waals surface area contributed by atoms with Crippen molar-refractivity contribution in [1.29, 1.82) is 5.26 Å². The Kier molecular flexibility index (Phi) is 5.96. The van der Waals surface area contributed by atoms with E-state index in [2.05, 4.69) is 5.32 Å². The minimum atomic E-state index is -3.47. The Bertz CT molecular complexity index is 590. The van der Waals surface area contributed by atoms with E-state index in [0.29, 0.717) is 24.7 Å². The summed E-state index contributed by atoms with van der Waals surface area (Å²) in [4.78, 5) is 0.203. The van der Waals surface area contributed by atoms with Crippen LogP contribution in [0.15, 0.2) is 29.2 Å². The molecular weight excluding hydrogens is 298 g/mol. The highest BCUT2D eigenvalue weighted by molar-refractivity contribution is 7.89. The van der Waals surface area contributed by atoms with E-state index in [1.165, 1.54) is 10.4 Å². The zero-order valence-corrected chi connectivity index (χ0v) is 12.9. The average molecular weight is 316 g/mol. The molecule has 7 heteroatoms. The lowest BCUT2D eigenvalue weighted by atomic mass is 10.1. The molecule has 0 radical (unpaired) electrons. The third-order valence-corrected chi connectivity index (χ3v) is 5.36. The van der Waals surface area contributed by atoms with Gasteiger partial charge in [0.05, 0.1) is 16.5 Å². The first-order valence-electron chi connectivity index (χ1n) is 6.25. The Morgan fingerprint density at radius 3 is 2.55 bits per heavy atom. The summed E-state index contributed by atoms with van der Waals surface area (Å²) in [5, 5.41) is 12.0. The second kappa shape index (κ2) is 7.04. The summed E-state index contributed by atoms with van der Waals surface area (Å²) in [6.45, 7) is 1.04. The van der Waals surface area contributed by atoms with Gasteiger partial charge >= 0.3 is 0 Å². The summed E-state index contributed by atoms with van der Waals surface area (Å²) < 4.78 is 26.4. The van der Waals surface area contributed by atoms with Crippen LogP contribution in [0.2, 0.25) is 0 Å². The summed E-state index contributed by atoms with van der Waals surface area (Å²) in [6, 6.07) is 8.53. The number of sulfonamides is 1. The van der Waals surface area contributed by atoms with Crippen molar-refractivity contribution >= 4 is 22.4 Å². The fourth-order valence-electron chi connectivity index (χ4n) is 2.26. The van der Waals surface area contributed by atoms with E-state index in [9.17, 15) is 8.42 Å². The van der Waals surface area contributed by atoms with Crippen LogP contribution in [-0.2, 0) is 10.0 Å². The van der Waals surface area contributed by atoms with E-state index in [4.69, 9.17) is 5.26 Å². The van der Waals surface area contributed by atoms with Crippen molar-refractivity contribution in [2.45, 2.75) is 23.8 Å². The van der Waals surface area contributed by atoms with Crippen molar-refractivity contribution in [3.8, 4) is 6.07 Å². The summed E-state index contributed by atoms with van der Waals surface area (Å²) >= 11 is 0. The zero-order valence-electron chi connectivity index (χ0n) is 11.2. The van der Waals surface area contributed by atoms with Gasteiger partial charge in [0.15, 0.2) is 0 Å². The first-order chi connectivity index (χ1) is 9.07. The lowest BCUT2D eigenvalue weighted by Gasteiger charge is -2.30.